The first kappa shape index (κ1) is 16.1. The number of aliphatic carboxylic acids is 1. The number of amides is 2. The van der Waals surface area contributed by atoms with Gasteiger partial charge in [-0.1, -0.05) is 0 Å². The van der Waals surface area contributed by atoms with Crippen molar-refractivity contribution in [2.45, 2.75) is 44.6 Å². The van der Waals surface area contributed by atoms with Gasteiger partial charge in [-0.05, 0) is 38.0 Å². The van der Waals surface area contributed by atoms with E-state index in [-0.39, 0.29) is 24.5 Å². The minimum atomic E-state index is -0.779. The summed E-state index contributed by atoms with van der Waals surface area (Å²) in [5.41, 5.74) is 0. The summed E-state index contributed by atoms with van der Waals surface area (Å²) in [7, 11) is 1.81. The summed E-state index contributed by atoms with van der Waals surface area (Å²) in [5.74, 6) is -0.696. The number of likely N-dealkylation sites (tertiary alicyclic amines) is 1. The normalized spacial score (nSPS) is 26.4. The number of carboxylic acid groups (broad SMARTS) is 1. The highest BCUT2D eigenvalue weighted by atomic mass is 16.5. The second-order valence-corrected chi connectivity index (χ2v) is 6.20. The van der Waals surface area contributed by atoms with Gasteiger partial charge in [0.05, 0.1) is 6.10 Å². The molecule has 0 aromatic heterocycles. The van der Waals surface area contributed by atoms with Gasteiger partial charge in [0.1, 0.15) is 0 Å². The van der Waals surface area contributed by atoms with Crippen LogP contribution in [0.4, 0.5) is 4.79 Å². The predicted molar refractivity (Wildman–Crippen MR) is 78.2 cm³/mol. The van der Waals surface area contributed by atoms with Gasteiger partial charge < -0.3 is 19.6 Å². The third-order valence-corrected chi connectivity index (χ3v) is 4.33. The lowest BCUT2D eigenvalue weighted by atomic mass is 9.95. The summed E-state index contributed by atoms with van der Waals surface area (Å²) in [5, 5.41) is 8.89. The number of ether oxygens (including phenoxy) is 1. The van der Waals surface area contributed by atoms with Crippen molar-refractivity contribution in [3.05, 3.63) is 0 Å². The second kappa shape index (κ2) is 7.64. The molecule has 0 bridgehead atoms. The van der Waals surface area contributed by atoms with E-state index in [4.69, 9.17) is 9.84 Å². The van der Waals surface area contributed by atoms with Gasteiger partial charge >= 0.3 is 12.0 Å². The van der Waals surface area contributed by atoms with Crippen LogP contribution in [-0.2, 0) is 9.53 Å². The van der Waals surface area contributed by atoms with Crippen molar-refractivity contribution in [1.29, 1.82) is 0 Å². The first-order chi connectivity index (χ1) is 10.1. The van der Waals surface area contributed by atoms with Crippen LogP contribution in [0.25, 0.3) is 0 Å². The van der Waals surface area contributed by atoms with Crippen LogP contribution in [0.2, 0.25) is 0 Å². The van der Waals surface area contributed by atoms with Gasteiger partial charge in [-0.2, -0.15) is 0 Å². The van der Waals surface area contributed by atoms with Crippen LogP contribution in [-0.4, -0.2) is 66.3 Å². The molecule has 0 radical (unpaired) electrons. The molecule has 1 N–H and O–H groups in total. The lowest BCUT2D eigenvalue weighted by molar-refractivity contribution is -0.138. The summed E-state index contributed by atoms with van der Waals surface area (Å²) < 4.78 is 5.67. The number of likely N-dealkylation sites (N-methyl/N-ethyl adjacent to an activating group) is 1. The number of urea groups is 1. The Morgan fingerprint density at radius 3 is 2.76 bits per heavy atom. The topological polar surface area (TPSA) is 70.1 Å². The van der Waals surface area contributed by atoms with Crippen LogP contribution >= 0.6 is 0 Å². The van der Waals surface area contributed by atoms with Crippen LogP contribution in [0.15, 0.2) is 0 Å². The zero-order valence-corrected chi connectivity index (χ0v) is 12.8. The third kappa shape index (κ3) is 4.88. The van der Waals surface area contributed by atoms with E-state index in [9.17, 15) is 9.59 Å². The maximum Gasteiger partial charge on any atom is 0.319 e. The number of hydrogen-bond donors (Lipinski definition) is 1. The summed E-state index contributed by atoms with van der Waals surface area (Å²) in [4.78, 5) is 26.8. The number of carboxylic acids is 1. The second-order valence-electron chi connectivity index (χ2n) is 6.20. The van der Waals surface area contributed by atoms with Crippen molar-refractivity contribution < 1.29 is 19.4 Å². The fourth-order valence-corrected chi connectivity index (χ4v) is 3.23. The molecule has 120 valence electrons. The molecule has 2 atom stereocenters. The van der Waals surface area contributed by atoms with Crippen molar-refractivity contribution in [1.82, 2.24) is 9.80 Å². The molecule has 0 aromatic carbocycles. The number of rotatable bonds is 4. The van der Waals surface area contributed by atoms with Crippen molar-refractivity contribution >= 4 is 12.0 Å². The Labute approximate surface area is 126 Å². The average Bonchev–Trinajstić information content (AvgIpc) is 2.47. The Morgan fingerprint density at radius 2 is 2.10 bits per heavy atom. The number of hydrogen-bond acceptors (Lipinski definition) is 3. The van der Waals surface area contributed by atoms with Gasteiger partial charge in [0.25, 0.3) is 0 Å². The molecule has 21 heavy (non-hydrogen) atoms. The van der Waals surface area contributed by atoms with Gasteiger partial charge in [0.15, 0.2) is 0 Å². The molecule has 2 heterocycles. The number of piperidine rings is 1. The monoisotopic (exact) mass is 298 g/mol. The van der Waals surface area contributed by atoms with E-state index in [0.717, 1.165) is 45.3 Å². The van der Waals surface area contributed by atoms with Gasteiger partial charge in [-0.3, -0.25) is 4.79 Å². The minimum Gasteiger partial charge on any atom is -0.481 e. The van der Waals surface area contributed by atoms with Crippen molar-refractivity contribution in [3.63, 3.8) is 0 Å². The van der Waals surface area contributed by atoms with Gasteiger partial charge in [0.2, 0.25) is 0 Å². The van der Waals surface area contributed by atoms with E-state index in [1.54, 1.807) is 16.8 Å². The van der Waals surface area contributed by atoms with Gasteiger partial charge in [0, 0.05) is 39.7 Å². The quantitative estimate of drug-likeness (QED) is 0.859. The molecule has 2 aliphatic heterocycles. The van der Waals surface area contributed by atoms with E-state index in [1.165, 1.54) is 0 Å². The van der Waals surface area contributed by atoms with Crippen molar-refractivity contribution in [3.8, 4) is 0 Å². The molecule has 0 aromatic rings. The third-order valence-electron chi connectivity index (χ3n) is 4.33. The molecule has 0 saturated carbocycles. The van der Waals surface area contributed by atoms with E-state index in [0.29, 0.717) is 13.1 Å². The number of nitrogens with zero attached hydrogens (tertiary/aromatic N) is 2. The molecule has 2 saturated heterocycles. The predicted octanol–water partition coefficient (Wildman–Crippen LogP) is 1.79. The van der Waals surface area contributed by atoms with Crippen LogP contribution in [0.1, 0.15) is 38.5 Å². The van der Waals surface area contributed by atoms with Crippen LogP contribution < -0.4 is 0 Å². The van der Waals surface area contributed by atoms with E-state index >= 15 is 0 Å². The molecule has 0 spiro atoms. The first-order valence-electron chi connectivity index (χ1n) is 7.89. The molecule has 2 aliphatic rings. The lowest BCUT2D eigenvalue weighted by Crippen LogP contribution is -2.48. The van der Waals surface area contributed by atoms with E-state index in [2.05, 4.69) is 0 Å². The molecule has 0 aliphatic carbocycles. The summed E-state index contributed by atoms with van der Waals surface area (Å²) in [6.07, 6.45) is 5.36. The van der Waals surface area contributed by atoms with Crippen molar-refractivity contribution in [2.75, 3.05) is 33.3 Å². The lowest BCUT2D eigenvalue weighted by Gasteiger charge is -2.36. The highest BCUT2D eigenvalue weighted by molar-refractivity contribution is 5.74. The first-order valence-corrected chi connectivity index (χ1v) is 7.89. The average molecular weight is 298 g/mol. The van der Waals surface area contributed by atoms with Crippen LogP contribution in [0.3, 0.4) is 0 Å². The van der Waals surface area contributed by atoms with Gasteiger partial charge in [-0.15, -0.1) is 0 Å². The summed E-state index contributed by atoms with van der Waals surface area (Å²) >= 11 is 0. The smallest absolute Gasteiger partial charge is 0.319 e. The Hall–Kier alpha value is -1.30. The molecular weight excluding hydrogens is 272 g/mol. The summed E-state index contributed by atoms with van der Waals surface area (Å²) in [6, 6.07) is -0.000683. The Bertz CT molecular complexity index is 369. The SMILES string of the molecule is CN(CC1CCCCO1)C(=O)N1CCCC(CC(=O)O)C1. The number of carbonyl (C=O) groups is 2. The zero-order valence-electron chi connectivity index (χ0n) is 12.8. The molecule has 2 unspecified atom stereocenters. The minimum absolute atomic E-state index is 0.000683. The van der Waals surface area contributed by atoms with Crippen molar-refractivity contribution in [2.24, 2.45) is 5.92 Å². The Kier molecular flexibility index (Phi) is 5.85. The molecule has 2 amide bonds. The molecule has 2 fully saturated rings. The largest absolute Gasteiger partial charge is 0.481 e. The van der Waals surface area contributed by atoms with Crippen LogP contribution in [0.5, 0.6) is 0 Å². The molecular formula is C15H26N2O4. The zero-order chi connectivity index (χ0) is 15.2. The van der Waals surface area contributed by atoms with E-state index < -0.39 is 5.97 Å². The highest BCUT2D eigenvalue weighted by Gasteiger charge is 2.28. The van der Waals surface area contributed by atoms with Crippen LogP contribution in [0, 0.1) is 5.92 Å². The fraction of sp³-hybridized carbons (Fsp3) is 0.867. The fourth-order valence-electron chi connectivity index (χ4n) is 3.23. The number of carbonyl (C=O) groups excluding carboxylic acids is 1. The maximum absolute atomic E-state index is 12.5. The maximum atomic E-state index is 12.5. The van der Waals surface area contributed by atoms with E-state index in [1.807, 2.05) is 0 Å². The van der Waals surface area contributed by atoms with Gasteiger partial charge in [-0.25, -0.2) is 4.79 Å². The molecule has 6 heteroatoms. The Balaban J connectivity index is 1.81. The highest BCUT2D eigenvalue weighted by Crippen LogP contribution is 2.21. The molecule has 2 rings (SSSR count). The summed E-state index contributed by atoms with van der Waals surface area (Å²) in [6.45, 7) is 2.70. The Morgan fingerprint density at radius 1 is 1.29 bits per heavy atom. The standard InChI is InChI=1S/C15H26N2O4/c1-16(11-13-6-2-3-8-21-13)15(20)17-7-4-5-12(10-17)9-14(18)19/h12-13H,2-11H2,1H3,(H,18,19). The molecule has 6 nitrogen and oxygen atoms in total.